The molecule has 2 nitrogen and oxygen atoms in total. The monoisotopic (exact) mass is 204 g/mol. The minimum absolute atomic E-state index is 0.545. The molecular weight excluding hydrogens is 192 g/mol. The molecule has 0 fully saturated rings. The molecule has 1 atom stereocenters. The van der Waals surface area contributed by atoms with Crippen LogP contribution in [-0.2, 0) is 7.05 Å². The Labute approximate surface area is 82.3 Å². The van der Waals surface area contributed by atoms with Gasteiger partial charge in [-0.25, -0.2) is 4.98 Å². The summed E-state index contributed by atoms with van der Waals surface area (Å²) in [6.45, 7) is 2.17. The summed E-state index contributed by atoms with van der Waals surface area (Å²) in [6, 6.07) is 0. The number of hydrogen-bond acceptors (Lipinski definition) is 2. The SMILES string of the molecule is CC(CCCl)Sc1nccn1C. The first-order chi connectivity index (χ1) is 5.74. The van der Waals surface area contributed by atoms with Gasteiger partial charge in [-0.2, -0.15) is 0 Å². The predicted molar refractivity (Wildman–Crippen MR) is 53.9 cm³/mol. The van der Waals surface area contributed by atoms with E-state index in [0.717, 1.165) is 17.5 Å². The van der Waals surface area contributed by atoms with Crippen LogP contribution in [0.2, 0.25) is 0 Å². The topological polar surface area (TPSA) is 17.8 Å². The lowest BCUT2D eigenvalue weighted by Crippen LogP contribution is -1.99. The van der Waals surface area contributed by atoms with Crippen LogP contribution in [0.3, 0.4) is 0 Å². The Morgan fingerprint density at radius 2 is 2.50 bits per heavy atom. The molecule has 0 radical (unpaired) electrons. The van der Waals surface area contributed by atoms with Crippen LogP contribution in [0.1, 0.15) is 13.3 Å². The van der Waals surface area contributed by atoms with Gasteiger partial charge >= 0.3 is 0 Å². The molecule has 0 aliphatic carbocycles. The summed E-state index contributed by atoms with van der Waals surface area (Å²) < 4.78 is 2.02. The van der Waals surface area contributed by atoms with Gasteiger partial charge in [-0.05, 0) is 6.42 Å². The van der Waals surface area contributed by atoms with Crippen molar-refractivity contribution >= 4 is 23.4 Å². The molecule has 1 heterocycles. The minimum Gasteiger partial charge on any atom is -0.329 e. The second-order valence-corrected chi connectivity index (χ2v) is 4.51. The standard InChI is InChI=1S/C8H13ClN2S/c1-7(3-4-9)12-8-10-5-6-11(8)2/h5-7H,3-4H2,1-2H3. The van der Waals surface area contributed by atoms with Gasteiger partial charge in [0.25, 0.3) is 0 Å². The summed E-state index contributed by atoms with van der Waals surface area (Å²) in [5.74, 6) is 0.721. The van der Waals surface area contributed by atoms with E-state index in [2.05, 4.69) is 11.9 Å². The fourth-order valence-corrected chi connectivity index (χ4v) is 2.26. The first-order valence-corrected chi connectivity index (χ1v) is 5.35. The fourth-order valence-electron chi connectivity index (χ4n) is 0.858. The Morgan fingerprint density at radius 1 is 1.75 bits per heavy atom. The summed E-state index contributed by atoms with van der Waals surface area (Å²) in [6.07, 6.45) is 4.80. The molecule has 0 saturated heterocycles. The number of hydrogen-bond donors (Lipinski definition) is 0. The van der Waals surface area contributed by atoms with Crippen molar-refractivity contribution in [3.8, 4) is 0 Å². The molecule has 1 aromatic heterocycles. The molecule has 1 rings (SSSR count). The highest BCUT2D eigenvalue weighted by Gasteiger charge is 2.06. The van der Waals surface area contributed by atoms with Crippen molar-refractivity contribution in [2.24, 2.45) is 7.05 Å². The maximum atomic E-state index is 5.64. The zero-order valence-corrected chi connectivity index (χ0v) is 8.90. The van der Waals surface area contributed by atoms with Crippen LogP contribution in [-0.4, -0.2) is 20.7 Å². The van der Waals surface area contributed by atoms with Crippen LogP contribution in [0.5, 0.6) is 0 Å². The summed E-state index contributed by atoms with van der Waals surface area (Å²) in [5, 5.41) is 1.61. The Hall–Kier alpha value is -0.150. The second kappa shape index (κ2) is 4.77. The average Bonchev–Trinajstić information content (AvgIpc) is 2.37. The molecule has 0 spiro atoms. The highest BCUT2D eigenvalue weighted by molar-refractivity contribution is 7.99. The van der Waals surface area contributed by atoms with Crippen LogP contribution in [0.4, 0.5) is 0 Å². The quantitative estimate of drug-likeness (QED) is 0.554. The molecule has 0 saturated carbocycles. The van der Waals surface area contributed by atoms with Crippen molar-refractivity contribution in [2.75, 3.05) is 5.88 Å². The molecule has 0 amide bonds. The Morgan fingerprint density at radius 3 is 3.00 bits per heavy atom. The molecule has 0 bridgehead atoms. The van der Waals surface area contributed by atoms with E-state index in [1.54, 1.807) is 11.8 Å². The van der Waals surface area contributed by atoms with E-state index in [9.17, 15) is 0 Å². The van der Waals surface area contributed by atoms with Gasteiger partial charge in [0.2, 0.25) is 0 Å². The number of imidazole rings is 1. The molecule has 1 unspecified atom stereocenters. The Bertz CT molecular complexity index is 237. The molecule has 4 heteroatoms. The van der Waals surface area contributed by atoms with Gasteiger partial charge in [0.15, 0.2) is 5.16 Å². The maximum Gasteiger partial charge on any atom is 0.167 e. The third-order valence-corrected chi connectivity index (χ3v) is 3.06. The van der Waals surface area contributed by atoms with E-state index >= 15 is 0 Å². The van der Waals surface area contributed by atoms with Crippen molar-refractivity contribution in [1.82, 2.24) is 9.55 Å². The largest absolute Gasteiger partial charge is 0.329 e. The zero-order valence-electron chi connectivity index (χ0n) is 7.33. The third-order valence-electron chi connectivity index (χ3n) is 1.60. The summed E-state index contributed by atoms with van der Waals surface area (Å²) >= 11 is 7.40. The van der Waals surface area contributed by atoms with Crippen molar-refractivity contribution in [2.45, 2.75) is 23.8 Å². The lowest BCUT2D eigenvalue weighted by atomic mass is 10.4. The Balaban J connectivity index is 2.46. The van der Waals surface area contributed by atoms with E-state index in [0.29, 0.717) is 5.25 Å². The van der Waals surface area contributed by atoms with Crippen LogP contribution in [0.15, 0.2) is 17.6 Å². The van der Waals surface area contributed by atoms with Crippen molar-refractivity contribution in [3.05, 3.63) is 12.4 Å². The smallest absolute Gasteiger partial charge is 0.167 e. The molecule has 0 aliphatic rings. The normalized spacial score (nSPS) is 13.2. The van der Waals surface area contributed by atoms with Crippen LogP contribution < -0.4 is 0 Å². The van der Waals surface area contributed by atoms with Crippen LogP contribution in [0.25, 0.3) is 0 Å². The van der Waals surface area contributed by atoms with Crippen molar-refractivity contribution < 1.29 is 0 Å². The summed E-state index contributed by atoms with van der Waals surface area (Å²) in [5.41, 5.74) is 0. The molecule has 12 heavy (non-hydrogen) atoms. The molecule has 0 aromatic carbocycles. The number of thioether (sulfide) groups is 1. The molecule has 1 aromatic rings. The maximum absolute atomic E-state index is 5.64. The first kappa shape index (κ1) is 9.93. The highest BCUT2D eigenvalue weighted by atomic mass is 35.5. The molecule has 68 valence electrons. The first-order valence-electron chi connectivity index (χ1n) is 3.94. The second-order valence-electron chi connectivity index (χ2n) is 2.73. The van der Waals surface area contributed by atoms with Crippen LogP contribution >= 0.6 is 23.4 Å². The van der Waals surface area contributed by atoms with E-state index in [4.69, 9.17) is 11.6 Å². The van der Waals surface area contributed by atoms with Gasteiger partial charge in [-0.3, -0.25) is 0 Å². The highest BCUT2D eigenvalue weighted by Crippen LogP contribution is 2.22. The zero-order chi connectivity index (χ0) is 8.97. The third kappa shape index (κ3) is 2.72. The number of rotatable bonds is 4. The van der Waals surface area contributed by atoms with Crippen LogP contribution in [0, 0.1) is 0 Å². The molecule has 0 aliphatic heterocycles. The van der Waals surface area contributed by atoms with Crippen molar-refractivity contribution in [3.63, 3.8) is 0 Å². The molecule has 0 N–H and O–H groups in total. The van der Waals surface area contributed by atoms with Crippen molar-refractivity contribution in [1.29, 1.82) is 0 Å². The predicted octanol–water partition coefficient (Wildman–Crippen LogP) is 2.53. The van der Waals surface area contributed by atoms with Gasteiger partial charge in [0, 0.05) is 30.6 Å². The number of alkyl halides is 1. The lowest BCUT2D eigenvalue weighted by molar-refractivity contribution is 0.781. The number of aryl methyl sites for hydroxylation is 1. The summed E-state index contributed by atoms with van der Waals surface area (Å²) in [7, 11) is 2.00. The summed E-state index contributed by atoms with van der Waals surface area (Å²) in [4.78, 5) is 4.22. The Kier molecular flexibility index (Phi) is 3.95. The van der Waals surface area contributed by atoms with Gasteiger partial charge in [-0.1, -0.05) is 18.7 Å². The number of aromatic nitrogens is 2. The number of nitrogens with zero attached hydrogens (tertiary/aromatic N) is 2. The van der Waals surface area contributed by atoms with E-state index in [1.165, 1.54) is 0 Å². The van der Waals surface area contributed by atoms with Gasteiger partial charge in [0.05, 0.1) is 0 Å². The minimum atomic E-state index is 0.545. The van der Waals surface area contributed by atoms with E-state index in [-0.39, 0.29) is 0 Å². The van der Waals surface area contributed by atoms with E-state index in [1.807, 2.05) is 24.0 Å². The fraction of sp³-hybridized carbons (Fsp3) is 0.625. The van der Waals surface area contributed by atoms with Gasteiger partial charge in [-0.15, -0.1) is 11.6 Å². The van der Waals surface area contributed by atoms with Gasteiger partial charge < -0.3 is 4.57 Å². The average molecular weight is 205 g/mol. The number of halogens is 1. The molecular formula is C8H13ClN2S. The van der Waals surface area contributed by atoms with Gasteiger partial charge in [0.1, 0.15) is 0 Å². The van der Waals surface area contributed by atoms with E-state index < -0.39 is 0 Å². The lowest BCUT2D eigenvalue weighted by Gasteiger charge is -2.07.